The number of aliphatic hydroxyl groups excluding tert-OH is 1. The summed E-state index contributed by atoms with van der Waals surface area (Å²) in [6.45, 7) is 6.69. The highest BCUT2D eigenvalue weighted by atomic mass is 16.5. The largest absolute Gasteiger partial charge is 0.490 e. The van der Waals surface area contributed by atoms with Crippen LogP contribution < -0.4 is 15.4 Å². The number of amides is 4. The Balaban J connectivity index is 1.58. The molecule has 2 aliphatic rings. The second-order valence-electron chi connectivity index (χ2n) is 13.0. The SMILES string of the molecule is C[C@H]1CCCCO[C@H](CN(C)C(=O)Nc2ccccc2)[C@@H](C)CN([C@@H](C)CO)C(=O)c2cc(NC(=O)C3CCCCC3)ccc2O1. The van der Waals surface area contributed by atoms with E-state index >= 15 is 0 Å². The Hall–Kier alpha value is -3.63. The molecule has 0 saturated heterocycles. The number of carbonyl (C=O) groups is 3. The Bertz CT molecular complexity index is 1280. The molecule has 1 fully saturated rings. The van der Waals surface area contributed by atoms with E-state index in [2.05, 4.69) is 10.6 Å². The molecule has 0 aromatic heterocycles. The van der Waals surface area contributed by atoms with Crippen molar-refractivity contribution in [3.63, 3.8) is 0 Å². The number of rotatable bonds is 7. The molecule has 252 valence electrons. The molecule has 10 heteroatoms. The van der Waals surface area contributed by atoms with Gasteiger partial charge < -0.3 is 35.0 Å². The number of hydrogen-bond donors (Lipinski definition) is 3. The van der Waals surface area contributed by atoms with Gasteiger partial charge in [-0.2, -0.15) is 0 Å². The minimum atomic E-state index is -0.492. The van der Waals surface area contributed by atoms with Gasteiger partial charge in [0.2, 0.25) is 5.91 Å². The molecule has 1 saturated carbocycles. The maximum atomic E-state index is 14.3. The van der Waals surface area contributed by atoms with Crippen LogP contribution in [0.15, 0.2) is 48.5 Å². The Morgan fingerprint density at radius 1 is 0.978 bits per heavy atom. The molecule has 1 aliphatic carbocycles. The minimum Gasteiger partial charge on any atom is -0.490 e. The molecule has 3 N–H and O–H groups in total. The van der Waals surface area contributed by atoms with Crippen molar-refractivity contribution in [3.05, 3.63) is 54.1 Å². The van der Waals surface area contributed by atoms with Crippen molar-refractivity contribution < 1.29 is 29.0 Å². The van der Waals surface area contributed by atoms with E-state index in [9.17, 15) is 19.5 Å². The van der Waals surface area contributed by atoms with Gasteiger partial charge in [-0.15, -0.1) is 0 Å². The molecule has 0 bridgehead atoms. The number of aliphatic hydroxyl groups is 1. The maximum absolute atomic E-state index is 14.3. The third-order valence-corrected chi connectivity index (χ3v) is 9.12. The van der Waals surface area contributed by atoms with Gasteiger partial charge in [-0.05, 0) is 76.3 Å². The van der Waals surface area contributed by atoms with E-state index in [0.717, 1.165) is 51.4 Å². The van der Waals surface area contributed by atoms with Gasteiger partial charge >= 0.3 is 6.03 Å². The van der Waals surface area contributed by atoms with Gasteiger partial charge in [0.15, 0.2) is 0 Å². The lowest BCUT2D eigenvalue weighted by Gasteiger charge is -2.35. The molecule has 0 unspecified atom stereocenters. The fourth-order valence-corrected chi connectivity index (χ4v) is 6.17. The summed E-state index contributed by atoms with van der Waals surface area (Å²) in [6, 6.07) is 13.8. The first-order chi connectivity index (χ1) is 22.2. The van der Waals surface area contributed by atoms with Crippen molar-refractivity contribution in [2.75, 3.05) is 44.0 Å². The quantitative estimate of drug-likeness (QED) is 0.335. The molecule has 4 atom stereocenters. The first kappa shape index (κ1) is 35.2. The second-order valence-corrected chi connectivity index (χ2v) is 13.0. The molecular weight excluding hydrogens is 584 g/mol. The predicted molar refractivity (Wildman–Crippen MR) is 180 cm³/mol. The van der Waals surface area contributed by atoms with E-state index in [1.54, 1.807) is 42.0 Å². The zero-order valence-corrected chi connectivity index (χ0v) is 27.9. The first-order valence-corrected chi connectivity index (χ1v) is 16.9. The molecule has 0 spiro atoms. The molecular formula is C36H52N4O6. The lowest BCUT2D eigenvalue weighted by atomic mass is 9.88. The van der Waals surface area contributed by atoms with E-state index in [4.69, 9.17) is 9.47 Å². The number of likely N-dealkylation sites (N-methyl/N-ethyl adjacent to an activating group) is 1. The van der Waals surface area contributed by atoms with Gasteiger partial charge in [0.05, 0.1) is 30.4 Å². The van der Waals surface area contributed by atoms with Gasteiger partial charge in [-0.25, -0.2) is 4.79 Å². The smallest absolute Gasteiger partial charge is 0.321 e. The molecule has 10 nitrogen and oxygen atoms in total. The van der Waals surface area contributed by atoms with Crippen LogP contribution in [-0.4, -0.2) is 84.4 Å². The van der Waals surface area contributed by atoms with Gasteiger partial charge in [0, 0.05) is 50.0 Å². The Morgan fingerprint density at radius 3 is 2.41 bits per heavy atom. The standard InChI is InChI=1S/C36H52N4O6/c1-25-22-40(26(2)24-41)35(43)31-21-30(37-34(42)28-14-7-5-8-15-28)18-19-32(31)46-27(3)13-11-12-20-45-33(25)23-39(4)36(44)38-29-16-9-6-10-17-29/h6,9-10,16-19,21,25-28,33,41H,5,7-8,11-15,20,22-24H2,1-4H3,(H,37,42)(H,38,44)/t25-,26-,27-,33+/m0/s1. The summed E-state index contributed by atoms with van der Waals surface area (Å²) in [5, 5.41) is 16.2. The maximum Gasteiger partial charge on any atom is 0.321 e. The fraction of sp³-hybridized carbons (Fsp3) is 0.583. The normalized spacial score (nSPS) is 22.5. The first-order valence-electron chi connectivity index (χ1n) is 16.9. The number of para-hydroxylation sites is 1. The Kier molecular flexibility index (Phi) is 13.3. The zero-order valence-electron chi connectivity index (χ0n) is 27.9. The fourth-order valence-electron chi connectivity index (χ4n) is 6.17. The average Bonchev–Trinajstić information content (AvgIpc) is 3.06. The molecule has 0 radical (unpaired) electrons. The third-order valence-electron chi connectivity index (χ3n) is 9.12. The summed E-state index contributed by atoms with van der Waals surface area (Å²) in [4.78, 5) is 43.7. The molecule has 4 rings (SSSR count). The lowest BCUT2D eigenvalue weighted by molar-refractivity contribution is -0.120. The van der Waals surface area contributed by atoms with Gasteiger partial charge in [-0.1, -0.05) is 44.4 Å². The summed E-state index contributed by atoms with van der Waals surface area (Å²) in [5.74, 6) is -0.0540. The molecule has 2 aromatic rings. The van der Waals surface area contributed by atoms with Crippen LogP contribution in [0.25, 0.3) is 0 Å². The van der Waals surface area contributed by atoms with Gasteiger partial charge in [0.1, 0.15) is 5.75 Å². The van der Waals surface area contributed by atoms with Crippen LogP contribution in [0.5, 0.6) is 5.75 Å². The van der Waals surface area contributed by atoms with E-state index < -0.39 is 6.04 Å². The van der Waals surface area contributed by atoms with Crippen molar-refractivity contribution in [2.45, 2.75) is 90.4 Å². The second kappa shape index (κ2) is 17.3. The summed E-state index contributed by atoms with van der Waals surface area (Å²) in [7, 11) is 1.73. The number of nitrogens with zero attached hydrogens (tertiary/aromatic N) is 2. The van der Waals surface area contributed by atoms with Crippen molar-refractivity contribution in [1.82, 2.24) is 9.80 Å². The van der Waals surface area contributed by atoms with Crippen LogP contribution in [0.2, 0.25) is 0 Å². The predicted octanol–water partition coefficient (Wildman–Crippen LogP) is 6.16. The Morgan fingerprint density at radius 2 is 1.70 bits per heavy atom. The zero-order chi connectivity index (χ0) is 33.1. The van der Waals surface area contributed by atoms with Crippen LogP contribution in [-0.2, 0) is 9.53 Å². The highest BCUT2D eigenvalue weighted by Crippen LogP contribution is 2.30. The summed E-state index contributed by atoms with van der Waals surface area (Å²) >= 11 is 0. The van der Waals surface area contributed by atoms with Crippen LogP contribution in [0.1, 0.15) is 82.5 Å². The number of ether oxygens (including phenoxy) is 2. The van der Waals surface area contributed by atoms with E-state index in [1.807, 2.05) is 44.2 Å². The van der Waals surface area contributed by atoms with Crippen molar-refractivity contribution >= 4 is 29.2 Å². The number of urea groups is 1. The Labute approximate surface area is 273 Å². The van der Waals surface area contributed by atoms with E-state index in [-0.39, 0.29) is 55.0 Å². The summed E-state index contributed by atoms with van der Waals surface area (Å²) in [6.07, 6.45) is 6.98. The van der Waals surface area contributed by atoms with Crippen LogP contribution in [0.3, 0.4) is 0 Å². The number of hydrogen-bond acceptors (Lipinski definition) is 6. The van der Waals surface area contributed by atoms with E-state index in [0.29, 0.717) is 35.8 Å². The van der Waals surface area contributed by atoms with Crippen LogP contribution >= 0.6 is 0 Å². The number of fused-ring (bicyclic) bond motifs is 1. The van der Waals surface area contributed by atoms with Gasteiger partial charge in [-0.3, -0.25) is 9.59 Å². The number of nitrogens with one attached hydrogen (secondary N) is 2. The molecule has 1 aliphatic heterocycles. The molecule has 4 amide bonds. The number of carbonyl (C=O) groups excluding carboxylic acids is 3. The number of anilines is 2. The number of benzene rings is 2. The van der Waals surface area contributed by atoms with Crippen LogP contribution in [0.4, 0.5) is 16.2 Å². The third kappa shape index (κ3) is 9.93. The highest BCUT2D eigenvalue weighted by molar-refractivity contribution is 6.00. The monoisotopic (exact) mass is 636 g/mol. The topological polar surface area (TPSA) is 120 Å². The summed E-state index contributed by atoms with van der Waals surface area (Å²) in [5.41, 5.74) is 1.60. The molecule has 46 heavy (non-hydrogen) atoms. The summed E-state index contributed by atoms with van der Waals surface area (Å²) < 4.78 is 12.7. The van der Waals surface area contributed by atoms with Gasteiger partial charge in [0.25, 0.3) is 5.91 Å². The van der Waals surface area contributed by atoms with Crippen LogP contribution in [0, 0.1) is 11.8 Å². The average molecular weight is 637 g/mol. The van der Waals surface area contributed by atoms with Crippen molar-refractivity contribution in [1.29, 1.82) is 0 Å². The highest BCUT2D eigenvalue weighted by Gasteiger charge is 2.31. The van der Waals surface area contributed by atoms with E-state index in [1.165, 1.54) is 0 Å². The lowest BCUT2D eigenvalue weighted by Crippen LogP contribution is -2.48. The van der Waals surface area contributed by atoms with Crippen molar-refractivity contribution in [2.24, 2.45) is 11.8 Å². The molecule has 2 aromatic carbocycles. The minimum absolute atomic E-state index is 0.0168. The van der Waals surface area contributed by atoms with Crippen molar-refractivity contribution in [3.8, 4) is 5.75 Å². The molecule has 1 heterocycles.